The minimum atomic E-state index is 0.426. The van der Waals surface area contributed by atoms with E-state index >= 15 is 0 Å². The van der Waals surface area contributed by atoms with Crippen LogP contribution in [0.15, 0.2) is 57.7 Å². The van der Waals surface area contributed by atoms with E-state index in [2.05, 4.69) is 41.8 Å². The number of nitrogens with one attached hydrogen (secondary N) is 2. The molecular weight excluding hydrogens is 366 g/mol. The lowest BCUT2D eigenvalue weighted by Crippen LogP contribution is -2.11. The van der Waals surface area contributed by atoms with Crippen molar-refractivity contribution in [3.05, 3.63) is 59.6 Å². The Balaban J connectivity index is 1.24. The molecule has 0 bridgehead atoms. The zero-order chi connectivity index (χ0) is 19.6. The third kappa shape index (κ3) is 4.16. The summed E-state index contributed by atoms with van der Waals surface area (Å²) in [5.74, 6) is 3.53. The van der Waals surface area contributed by atoms with Crippen molar-refractivity contribution in [3.8, 4) is 11.4 Å². The summed E-state index contributed by atoms with van der Waals surface area (Å²) in [4.78, 5) is 17.8. The maximum Gasteiger partial charge on any atom is 0.225 e. The molecule has 0 atom stereocenters. The SMILES string of the molecule is Cc1cc(NC2=NCC(C3CC3)=C2)nc(NCc2cc(-c3ccccn3)no2)n1. The molecule has 8 heteroatoms. The maximum atomic E-state index is 5.40. The molecule has 2 aliphatic rings. The minimum absolute atomic E-state index is 0.426. The predicted molar refractivity (Wildman–Crippen MR) is 111 cm³/mol. The lowest BCUT2D eigenvalue weighted by molar-refractivity contribution is 0.389. The van der Waals surface area contributed by atoms with Gasteiger partial charge in [-0.3, -0.25) is 9.98 Å². The maximum absolute atomic E-state index is 5.40. The molecule has 0 spiro atoms. The topological polar surface area (TPSA) is 101 Å². The lowest BCUT2D eigenvalue weighted by atomic mass is 10.2. The van der Waals surface area contributed by atoms with Gasteiger partial charge >= 0.3 is 0 Å². The second-order valence-corrected chi connectivity index (χ2v) is 7.29. The highest BCUT2D eigenvalue weighted by molar-refractivity contribution is 6.05. The number of rotatable bonds is 6. The first-order valence-electron chi connectivity index (χ1n) is 9.71. The molecule has 1 fully saturated rings. The van der Waals surface area contributed by atoms with Gasteiger partial charge in [-0.05, 0) is 49.5 Å². The van der Waals surface area contributed by atoms with Crippen LogP contribution in [0, 0.1) is 12.8 Å². The van der Waals surface area contributed by atoms with Crippen molar-refractivity contribution in [2.45, 2.75) is 26.3 Å². The number of aryl methyl sites for hydroxylation is 1. The van der Waals surface area contributed by atoms with Gasteiger partial charge in [-0.25, -0.2) is 4.98 Å². The van der Waals surface area contributed by atoms with Crippen LogP contribution in [0.2, 0.25) is 0 Å². The van der Waals surface area contributed by atoms with Crippen LogP contribution in [-0.4, -0.2) is 32.5 Å². The van der Waals surface area contributed by atoms with Crippen LogP contribution < -0.4 is 10.6 Å². The van der Waals surface area contributed by atoms with E-state index in [1.54, 1.807) is 6.20 Å². The number of aromatic nitrogens is 4. The smallest absolute Gasteiger partial charge is 0.225 e. The fraction of sp³-hybridized carbons (Fsp3) is 0.286. The Hall–Kier alpha value is -3.55. The number of pyridine rings is 1. The van der Waals surface area contributed by atoms with Crippen LogP contribution in [0.1, 0.15) is 24.3 Å². The summed E-state index contributed by atoms with van der Waals surface area (Å²) in [5, 5.41) is 10.6. The molecule has 3 aromatic rings. The molecular formula is C21H21N7O. The molecule has 0 aromatic carbocycles. The molecule has 8 nitrogen and oxygen atoms in total. The molecule has 2 N–H and O–H groups in total. The Kier molecular flexibility index (Phi) is 4.51. The van der Waals surface area contributed by atoms with Gasteiger partial charge in [0, 0.05) is 24.0 Å². The Morgan fingerprint density at radius 2 is 2.07 bits per heavy atom. The van der Waals surface area contributed by atoms with Crippen molar-refractivity contribution in [1.82, 2.24) is 20.1 Å². The average Bonchev–Trinajstić information content (AvgIpc) is 3.29. The number of hydrogen-bond donors (Lipinski definition) is 2. The highest BCUT2D eigenvalue weighted by Gasteiger charge is 2.27. The number of aliphatic imine (C=N–C) groups is 1. The van der Waals surface area contributed by atoms with E-state index in [0.717, 1.165) is 35.5 Å². The quantitative estimate of drug-likeness (QED) is 0.666. The molecule has 29 heavy (non-hydrogen) atoms. The minimum Gasteiger partial charge on any atom is -0.359 e. The first-order chi connectivity index (χ1) is 14.2. The third-order valence-corrected chi connectivity index (χ3v) is 4.87. The van der Waals surface area contributed by atoms with Crippen molar-refractivity contribution in [1.29, 1.82) is 0 Å². The molecule has 1 aliphatic heterocycles. The monoisotopic (exact) mass is 387 g/mol. The van der Waals surface area contributed by atoms with Crippen LogP contribution >= 0.6 is 0 Å². The summed E-state index contributed by atoms with van der Waals surface area (Å²) < 4.78 is 5.40. The largest absolute Gasteiger partial charge is 0.359 e. The molecule has 0 saturated heterocycles. The van der Waals surface area contributed by atoms with Crippen molar-refractivity contribution in [2.24, 2.45) is 10.9 Å². The molecule has 146 valence electrons. The Morgan fingerprint density at radius 1 is 1.14 bits per heavy atom. The van der Waals surface area contributed by atoms with Gasteiger partial charge in [-0.15, -0.1) is 0 Å². The Morgan fingerprint density at radius 3 is 2.90 bits per heavy atom. The van der Waals surface area contributed by atoms with E-state index in [1.807, 2.05) is 37.3 Å². The van der Waals surface area contributed by atoms with E-state index in [0.29, 0.717) is 23.9 Å². The summed E-state index contributed by atoms with van der Waals surface area (Å²) >= 11 is 0. The zero-order valence-electron chi connectivity index (χ0n) is 16.1. The van der Waals surface area contributed by atoms with E-state index < -0.39 is 0 Å². The van der Waals surface area contributed by atoms with Gasteiger partial charge < -0.3 is 15.2 Å². The van der Waals surface area contributed by atoms with Crippen LogP contribution in [0.3, 0.4) is 0 Å². The van der Waals surface area contributed by atoms with E-state index in [9.17, 15) is 0 Å². The van der Waals surface area contributed by atoms with Crippen LogP contribution in [-0.2, 0) is 6.54 Å². The lowest BCUT2D eigenvalue weighted by Gasteiger charge is -2.08. The Labute approximate surface area is 168 Å². The molecule has 5 rings (SSSR count). The standard InChI is InChI=1S/C21H21N7O/c1-13-8-20(26-19-9-15(11-23-19)14-5-6-14)27-21(25-13)24-12-16-10-18(28-29-16)17-4-2-3-7-22-17/h2-4,7-10,14H,5-6,11-12H2,1H3,(H2,23,24,25,26,27). The molecule has 0 amide bonds. The van der Waals surface area contributed by atoms with Crippen molar-refractivity contribution >= 4 is 17.6 Å². The number of hydrogen-bond acceptors (Lipinski definition) is 8. The van der Waals surface area contributed by atoms with Gasteiger partial charge in [0.15, 0.2) is 5.76 Å². The molecule has 3 aromatic heterocycles. The molecule has 1 saturated carbocycles. The molecule has 0 radical (unpaired) electrons. The summed E-state index contributed by atoms with van der Waals surface area (Å²) in [6.07, 6.45) is 6.46. The molecule has 0 unspecified atom stereocenters. The van der Waals surface area contributed by atoms with Gasteiger partial charge in [0.25, 0.3) is 0 Å². The van der Waals surface area contributed by atoms with Crippen molar-refractivity contribution in [3.63, 3.8) is 0 Å². The summed E-state index contributed by atoms with van der Waals surface area (Å²) in [6.45, 7) is 3.16. The van der Waals surface area contributed by atoms with Crippen molar-refractivity contribution < 1.29 is 4.52 Å². The summed E-state index contributed by atoms with van der Waals surface area (Å²) in [5.41, 5.74) is 3.76. The Bertz CT molecular complexity index is 1080. The fourth-order valence-corrected chi connectivity index (χ4v) is 3.26. The number of anilines is 2. The van der Waals surface area contributed by atoms with Gasteiger partial charge in [0.1, 0.15) is 17.3 Å². The van der Waals surface area contributed by atoms with Gasteiger partial charge in [0.05, 0.1) is 18.8 Å². The average molecular weight is 387 g/mol. The zero-order valence-corrected chi connectivity index (χ0v) is 16.1. The first-order valence-corrected chi connectivity index (χ1v) is 9.71. The van der Waals surface area contributed by atoms with E-state index in [-0.39, 0.29) is 0 Å². The van der Waals surface area contributed by atoms with Crippen LogP contribution in [0.5, 0.6) is 0 Å². The fourth-order valence-electron chi connectivity index (χ4n) is 3.26. The van der Waals surface area contributed by atoms with Gasteiger partial charge in [-0.1, -0.05) is 11.2 Å². The van der Waals surface area contributed by atoms with Crippen LogP contribution in [0.25, 0.3) is 11.4 Å². The highest BCUT2D eigenvalue weighted by atomic mass is 16.5. The molecule has 4 heterocycles. The van der Waals surface area contributed by atoms with Crippen molar-refractivity contribution in [2.75, 3.05) is 17.2 Å². The number of amidine groups is 1. The summed E-state index contributed by atoms with van der Waals surface area (Å²) in [7, 11) is 0. The summed E-state index contributed by atoms with van der Waals surface area (Å²) in [6, 6.07) is 9.45. The predicted octanol–water partition coefficient (Wildman–Crippen LogP) is 3.61. The van der Waals surface area contributed by atoms with E-state index in [1.165, 1.54) is 18.4 Å². The number of nitrogens with zero attached hydrogens (tertiary/aromatic N) is 5. The first kappa shape index (κ1) is 17.5. The normalized spacial score (nSPS) is 15.8. The second-order valence-electron chi connectivity index (χ2n) is 7.29. The molecule has 1 aliphatic carbocycles. The second kappa shape index (κ2) is 7.46. The van der Waals surface area contributed by atoms with Gasteiger partial charge in [0.2, 0.25) is 5.95 Å². The highest BCUT2D eigenvalue weighted by Crippen LogP contribution is 2.37. The van der Waals surface area contributed by atoms with E-state index in [4.69, 9.17) is 4.52 Å². The van der Waals surface area contributed by atoms with Crippen LogP contribution in [0.4, 0.5) is 11.8 Å². The third-order valence-electron chi connectivity index (χ3n) is 4.87. The van der Waals surface area contributed by atoms with Gasteiger partial charge in [-0.2, -0.15) is 4.98 Å².